The summed E-state index contributed by atoms with van der Waals surface area (Å²) in [7, 11) is 1.89. The molecule has 0 unspecified atom stereocenters. The topological polar surface area (TPSA) is 64.9 Å². The first kappa shape index (κ1) is 13.3. The molecule has 0 radical (unpaired) electrons. The first-order valence-corrected chi connectivity index (χ1v) is 6.58. The van der Waals surface area contributed by atoms with E-state index < -0.39 is 0 Å². The van der Waals surface area contributed by atoms with E-state index in [1.165, 1.54) is 0 Å². The lowest BCUT2D eigenvalue weighted by Gasteiger charge is -2.03. The van der Waals surface area contributed by atoms with Crippen molar-refractivity contribution in [2.75, 3.05) is 7.05 Å². The van der Waals surface area contributed by atoms with Crippen molar-refractivity contribution in [3.05, 3.63) is 60.7 Å². The zero-order chi connectivity index (χ0) is 14.5. The number of para-hydroxylation sites is 1. The lowest BCUT2D eigenvalue weighted by Crippen LogP contribution is -2.05. The van der Waals surface area contributed by atoms with Gasteiger partial charge in [0.15, 0.2) is 0 Å². The third-order valence-electron chi connectivity index (χ3n) is 2.85. The largest absolute Gasteiger partial charge is 0.422 e. The van der Waals surface area contributed by atoms with Gasteiger partial charge in [-0.1, -0.05) is 18.2 Å². The van der Waals surface area contributed by atoms with Gasteiger partial charge in [-0.05, 0) is 30.8 Å². The predicted molar refractivity (Wildman–Crippen MR) is 78.4 cm³/mol. The Kier molecular flexibility index (Phi) is 3.88. The van der Waals surface area contributed by atoms with Gasteiger partial charge in [-0.2, -0.15) is 4.98 Å². The van der Waals surface area contributed by atoms with Crippen LogP contribution >= 0.6 is 0 Å². The molecule has 0 fully saturated rings. The van der Waals surface area contributed by atoms with Crippen LogP contribution in [0.5, 0.6) is 11.8 Å². The average molecular weight is 281 g/mol. The molecular weight excluding hydrogens is 266 g/mol. The summed E-state index contributed by atoms with van der Waals surface area (Å²) in [4.78, 5) is 8.29. The molecule has 3 rings (SSSR count). The van der Waals surface area contributed by atoms with Crippen LogP contribution in [-0.4, -0.2) is 26.8 Å². The molecule has 6 nitrogen and oxygen atoms in total. The summed E-state index contributed by atoms with van der Waals surface area (Å²) in [6, 6.07) is 12.0. The first-order chi connectivity index (χ1) is 10.3. The van der Waals surface area contributed by atoms with Crippen LogP contribution in [0.3, 0.4) is 0 Å². The van der Waals surface area contributed by atoms with Gasteiger partial charge >= 0.3 is 6.01 Å². The molecule has 21 heavy (non-hydrogen) atoms. The number of rotatable bonds is 5. The number of hydrogen-bond donors (Lipinski definition) is 1. The SMILES string of the molecule is CNCc1cncc(Oc2ncn(-c3ccccc3)n2)c1. The van der Waals surface area contributed by atoms with Crippen molar-refractivity contribution in [3.63, 3.8) is 0 Å². The van der Waals surface area contributed by atoms with E-state index in [9.17, 15) is 0 Å². The van der Waals surface area contributed by atoms with Crippen LogP contribution in [0.1, 0.15) is 5.56 Å². The normalized spacial score (nSPS) is 10.5. The lowest BCUT2D eigenvalue weighted by molar-refractivity contribution is 0.438. The summed E-state index contributed by atoms with van der Waals surface area (Å²) in [5, 5.41) is 7.36. The highest BCUT2D eigenvalue weighted by Gasteiger charge is 2.06. The van der Waals surface area contributed by atoms with E-state index in [-0.39, 0.29) is 0 Å². The van der Waals surface area contributed by atoms with E-state index in [0.717, 1.165) is 17.8 Å². The maximum atomic E-state index is 5.63. The summed E-state index contributed by atoms with van der Waals surface area (Å²) in [6.07, 6.45) is 5.05. The number of hydrogen-bond acceptors (Lipinski definition) is 5. The molecule has 0 spiro atoms. The zero-order valence-electron chi connectivity index (χ0n) is 11.6. The highest BCUT2D eigenvalue weighted by atomic mass is 16.5. The monoisotopic (exact) mass is 281 g/mol. The molecule has 0 aliphatic carbocycles. The Balaban J connectivity index is 1.77. The van der Waals surface area contributed by atoms with Gasteiger partial charge in [0.1, 0.15) is 12.1 Å². The smallest absolute Gasteiger partial charge is 0.341 e. The zero-order valence-corrected chi connectivity index (χ0v) is 11.6. The molecule has 1 N–H and O–H groups in total. The first-order valence-electron chi connectivity index (χ1n) is 6.58. The van der Waals surface area contributed by atoms with E-state index in [1.807, 2.05) is 43.4 Å². The van der Waals surface area contributed by atoms with E-state index in [2.05, 4.69) is 20.4 Å². The quantitative estimate of drug-likeness (QED) is 0.776. The second-order valence-corrected chi connectivity index (χ2v) is 4.47. The van der Waals surface area contributed by atoms with Gasteiger partial charge in [-0.3, -0.25) is 4.98 Å². The van der Waals surface area contributed by atoms with E-state index >= 15 is 0 Å². The molecular formula is C15H15N5O. The van der Waals surface area contributed by atoms with Crippen molar-refractivity contribution in [2.45, 2.75) is 6.54 Å². The van der Waals surface area contributed by atoms with Gasteiger partial charge in [0.05, 0.1) is 11.9 Å². The molecule has 0 saturated carbocycles. The number of aromatic nitrogens is 4. The molecule has 0 amide bonds. The fraction of sp³-hybridized carbons (Fsp3) is 0.133. The van der Waals surface area contributed by atoms with Gasteiger partial charge < -0.3 is 10.1 Å². The third kappa shape index (κ3) is 3.24. The summed E-state index contributed by atoms with van der Waals surface area (Å²) in [5.74, 6) is 0.619. The molecule has 3 aromatic rings. The number of nitrogens with zero attached hydrogens (tertiary/aromatic N) is 4. The van der Waals surface area contributed by atoms with Crippen LogP contribution in [0, 0.1) is 0 Å². The summed E-state index contributed by atoms with van der Waals surface area (Å²) >= 11 is 0. The molecule has 0 aliphatic rings. The van der Waals surface area contributed by atoms with Crippen molar-refractivity contribution >= 4 is 0 Å². The molecule has 0 saturated heterocycles. The summed E-state index contributed by atoms with van der Waals surface area (Å²) < 4.78 is 7.30. The van der Waals surface area contributed by atoms with Gasteiger partial charge in [-0.15, -0.1) is 5.10 Å². The van der Waals surface area contributed by atoms with Crippen molar-refractivity contribution < 1.29 is 4.74 Å². The number of nitrogens with one attached hydrogen (secondary N) is 1. The highest BCUT2D eigenvalue weighted by Crippen LogP contribution is 2.18. The van der Waals surface area contributed by atoms with Crippen LogP contribution in [-0.2, 0) is 6.54 Å². The van der Waals surface area contributed by atoms with E-state index in [4.69, 9.17) is 4.74 Å². The molecule has 0 bridgehead atoms. The molecule has 1 aromatic carbocycles. The summed E-state index contributed by atoms with van der Waals surface area (Å²) in [5.41, 5.74) is 1.97. The van der Waals surface area contributed by atoms with Crippen LogP contribution in [0.4, 0.5) is 0 Å². The van der Waals surface area contributed by atoms with Gasteiger partial charge in [-0.25, -0.2) is 4.68 Å². The Bertz CT molecular complexity index is 711. The summed E-state index contributed by atoms with van der Waals surface area (Å²) in [6.45, 7) is 0.732. The molecule has 0 atom stereocenters. The van der Waals surface area contributed by atoms with Crippen molar-refractivity contribution in [1.82, 2.24) is 25.1 Å². The molecule has 0 aliphatic heterocycles. The van der Waals surface area contributed by atoms with Crippen LogP contribution in [0.25, 0.3) is 5.69 Å². The Morgan fingerprint density at radius 2 is 2.05 bits per heavy atom. The molecule has 6 heteroatoms. The molecule has 2 aromatic heterocycles. The van der Waals surface area contributed by atoms with Gasteiger partial charge in [0.2, 0.25) is 0 Å². The Morgan fingerprint density at radius 1 is 1.19 bits per heavy atom. The van der Waals surface area contributed by atoms with Crippen LogP contribution in [0.2, 0.25) is 0 Å². The van der Waals surface area contributed by atoms with Crippen LogP contribution < -0.4 is 10.1 Å². The second-order valence-electron chi connectivity index (χ2n) is 4.47. The minimum atomic E-state index is 0.294. The van der Waals surface area contributed by atoms with E-state index in [0.29, 0.717) is 11.8 Å². The minimum Gasteiger partial charge on any atom is -0.422 e. The third-order valence-corrected chi connectivity index (χ3v) is 2.85. The number of benzene rings is 1. The minimum absolute atomic E-state index is 0.294. The van der Waals surface area contributed by atoms with Crippen LogP contribution in [0.15, 0.2) is 55.1 Å². The van der Waals surface area contributed by atoms with Crippen molar-refractivity contribution in [2.24, 2.45) is 0 Å². The fourth-order valence-corrected chi connectivity index (χ4v) is 1.93. The Labute approximate surface area is 122 Å². The maximum absolute atomic E-state index is 5.63. The average Bonchev–Trinajstić information content (AvgIpc) is 2.97. The molecule has 2 heterocycles. The highest BCUT2D eigenvalue weighted by molar-refractivity contribution is 5.30. The molecule has 106 valence electrons. The maximum Gasteiger partial charge on any atom is 0.341 e. The van der Waals surface area contributed by atoms with Gasteiger partial charge in [0.25, 0.3) is 0 Å². The lowest BCUT2D eigenvalue weighted by atomic mass is 10.3. The second kappa shape index (κ2) is 6.15. The Morgan fingerprint density at radius 3 is 2.86 bits per heavy atom. The van der Waals surface area contributed by atoms with Gasteiger partial charge in [0, 0.05) is 12.7 Å². The fourth-order valence-electron chi connectivity index (χ4n) is 1.93. The number of ether oxygens (including phenoxy) is 1. The van der Waals surface area contributed by atoms with Crippen molar-refractivity contribution in [3.8, 4) is 17.4 Å². The predicted octanol–water partition coefficient (Wildman–Crippen LogP) is 2.17. The Hall–Kier alpha value is -2.73. The number of pyridine rings is 1. The van der Waals surface area contributed by atoms with E-state index in [1.54, 1.807) is 23.4 Å². The standard InChI is InChI=1S/C15H15N5O/c1-16-8-12-7-14(10-17-9-12)21-15-18-11-20(19-15)13-5-3-2-4-6-13/h2-7,9-11,16H,8H2,1H3. The van der Waals surface area contributed by atoms with Crippen molar-refractivity contribution in [1.29, 1.82) is 0 Å².